The van der Waals surface area contributed by atoms with Crippen molar-refractivity contribution >= 4 is 22.9 Å². The molecule has 1 aromatic heterocycles. The first-order valence-corrected chi connectivity index (χ1v) is 7.05. The van der Waals surface area contributed by atoms with Crippen LogP contribution in [-0.2, 0) is 0 Å². The summed E-state index contributed by atoms with van der Waals surface area (Å²) in [6.07, 6.45) is 7.85. The van der Waals surface area contributed by atoms with Crippen molar-refractivity contribution < 1.29 is 0 Å². The third kappa shape index (κ3) is 1.70. The van der Waals surface area contributed by atoms with E-state index in [9.17, 15) is 0 Å². The van der Waals surface area contributed by atoms with Crippen molar-refractivity contribution in [2.45, 2.75) is 25.4 Å². The van der Waals surface area contributed by atoms with Gasteiger partial charge in [0.15, 0.2) is 5.96 Å². The van der Waals surface area contributed by atoms with Crippen LogP contribution in [0.1, 0.15) is 25.4 Å². The first-order valence-electron chi connectivity index (χ1n) is 7.05. The van der Waals surface area contributed by atoms with Gasteiger partial charge in [-0.05, 0) is 31.4 Å². The molecule has 5 nitrogen and oxygen atoms in total. The molecule has 0 amide bonds. The van der Waals surface area contributed by atoms with Gasteiger partial charge in [0.1, 0.15) is 6.17 Å². The normalized spacial score (nSPS) is 25.1. The van der Waals surface area contributed by atoms with Gasteiger partial charge >= 0.3 is 0 Å². The Kier molecular flexibility index (Phi) is 2.52. The van der Waals surface area contributed by atoms with E-state index in [1.807, 2.05) is 18.2 Å². The Morgan fingerprint density at radius 2 is 2.15 bits per heavy atom. The van der Waals surface area contributed by atoms with E-state index in [1.165, 1.54) is 0 Å². The maximum Gasteiger partial charge on any atom is 0.212 e. The Hall–Kier alpha value is -2.30. The Balaban J connectivity index is 1.86. The number of benzene rings is 1. The molecule has 2 aliphatic rings. The topological polar surface area (TPSA) is 68.2 Å². The van der Waals surface area contributed by atoms with Gasteiger partial charge in [0.25, 0.3) is 0 Å². The molecule has 5 heteroatoms. The fourth-order valence-corrected chi connectivity index (χ4v) is 3.15. The second-order valence-electron chi connectivity index (χ2n) is 5.39. The highest BCUT2D eigenvalue weighted by Crippen LogP contribution is 2.37. The lowest BCUT2D eigenvalue weighted by molar-refractivity contribution is 0.321. The van der Waals surface area contributed by atoms with Crippen LogP contribution in [-0.4, -0.2) is 15.5 Å². The summed E-state index contributed by atoms with van der Waals surface area (Å²) in [7, 11) is 0. The lowest BCUT2D eigenvalue weighted by Gasteiger charge is -2.30. The van der Waals surface area contributed by atoms with Gasteiger partial charge in [-0.3, -0.25) is 9.88 Å². The first-order chi connectivity index (χ1) is 9.83. The van der Waals surface area contributed by atoms with E-state index in [0.717, 1.165) is 36.2 Å². The van der Waals surface area contributed by atoms with Crippen LogP contribution < -0.4 is 11.1 Å². The van der Waals surface area contributed by atoms with E-state index < -0.39 is 0 Å². The molecule has 2 unspecified atom stereocenters. The molecule has 2 atom stereocenters. The molecule has 20 heavy (non-hydrogen) atoms. The fraction of sp³-hybridized carbons (Fsp3) is 0.333. The van der Waals surface area contributed by atoms with Gasteiger partial charge in [-0.2, -0.15) is 0 Å². The molecule has 0 saturated carbocycles. The van der Waals surface area contributed by atoms with Gasteiger partial charge in [0.05, 0.1) is 11.0 Å². The molecule has 1 aliphatic heterocycles. The van der Waals surface area contributed by atoms with Gasteiger partial charge in [0, 0.05) is 5.92 Å². The summed E-state index contributed by atoms with van der Waals surface area (Å²) in [5.74, 6) is 1.75. The van der Waals surface area contributed by atoms with Crippen LogP contribution in [0.5, 0.6) is 0 Å². The van der Waals surface area contributed by atoms with Gasteiger partial charge in [0.2, 0.25) is 5.95 Å². The second-order valence-corrected chi connectivity index (χ2v) is 5.39. The fourth-order valence-electron chi connectivity index (χ4n) is 3.15. The summed E-state index contributed by atoms with van der Waals surface area (Å²) >= 11 is 0. The number of anilines is 1. The molecule has 2 heterocycles. The average molecular weight is 267 g/mol. The lowest BCUT2D eigenvalue weighted by Crippen LogP contribution is -2.34. The van der Waals surface area contributed by atoms with Gasteiger partial charge < -0.3 is 5.73 Å². The Morgan fingerprint density at radius 1 is 1.25 bits per heavy atom. The van der Waals surface area contributed by atoms with Crippen molar-refractivity contribution in [1.82, 2.24) is 9.55 Å². The maximum atomic E-state index is 5.94. The quantitative estimate of drug-likeness (QED) is 0.780. The second kappa shape index (κ2) is 4.37. The SMILES string of the molecule is NC1=NC(C2CC=CCC2)n2c(nc3ccccc32)N1. The number of hydrogen-bond acceptors (Lipinski definition) is 4. The molecule has 3 N–H and O–H groups in total. The van der Waals surface area contributed by atoms with Crippen molar-refractivity contribution in [1.29, 1.82) is 0 Å². The van der Waals surface area contributed by atoms with Gasteiger partial charge in [-0.15, -0.1) is 0 Å². The largest absolute Gasteiger partial charge is 0.370 e. The number of fused-ring (bicyclic) bond motifs is 3. The van der Waals surface area contributed by atoms with Crippen LogP contribution in [0.3, 0.4) is 0 Å². The zero-order chi connectivity index (χ0) is 13.5. The number of allylic oxidation sites excluding steroid dienone is 2. The van der Waals surface area contributed by atoms with Crippen molar-refractivity contribution in [3.05, 3.63) is 36.4 Å². The van der Waals surface area contributed by atoms with Gasteiger partial charge in [-0.1, -0.05) is 24.3 Å². The van der Waals surface area contributed by atoms with Gasteiger partial charge in [-0.25, -0.2) is 9.98 Å². The monoisotopic (exact) mass is 267 g/mol. The van der Waals surface area contributed by atoms with Crippen LogP contribution >= 0.6 is 0 Å². The van der Waals surface area contributed by atoms with Crippen LogP contribution in [0.4, 0.5) is 5.95 Å². The highest BCUT2D eigenvalue weighted by atomic mass is 15.4. The molecular weight excluding hydrogens is 250 g/mol. The van der Waals surface area contributed by atoms with Crippen LogP contribution in [0.2, 0.25) is 0 Å². The Bertz CT molecular complexity index is 712. The highest BCUT2D eigenvalue weighted by molar-refractivity contribution is 5.94. The minimum absolute atomic E-state index is 0.0450. The molecule has 0 radical (unpaired) electrons. The van der Waals surface area contributed by atoms with E-state index in [4.69, 9.17) is 5.73 Å². The summed E-state index contributed by atoms with van der Waals surface area (Å²) in [6, 6.07) is 8.16. The van der Waals surface area contributed by atoms with E-state index in [0.29, 0.717) is 11.9 Å². The Labute approximate surface area is 117 Å². The number of imidazole rings is 1. The number of para-hydroxylation sites is 2. The van der Waals surface area contributed by atoms with Crippen molar-refractivity contribution in [2.24, 2.45) is 16.6 Å². The van der Waals surface area contributed by atoms with Crippen LogP contribution in [0.25, 0.3) is 11.0 Å². The number of rotatable bonds is 1. The maximum absolute atomic E-state index is 5.94. The van der Waals surface area contributed by atoms with Crippen molar-refractivity contribution in [2.75, 3.05) is 5.32 Å². The van der Waals surface area contributed by atoms with Crippen LogP contribution in [0.15, 0.2) is 41.4 Å². The van der Waals surface area contributed by atoms with E-state index in [1.54, 1.807) is 0 Å². The number of aromatic nitrogens is 2. The minimum atomic E-state index is 0.0450. The molecule has 102 valence electrons. The molecule has 4 rings (SSSR count). The highest BCUT2D eigenvalue weighted by Gasteiger charge is 2.30. The number of nitrogens with zero attached hydrogens (tertiary/aromatic N) is 3. The molecule has 0 bridgehead atoms. The number of nitrogens with one attached hydrogen (secondary N) is 1. The molecule has 0 saturated heterocycles. The third-order valence-electron chi connectivity index (χ3n) is 4.10. The summed E-state index contributed by atoms with van der Waals surface area (Å²) in [5, 5.41) is 3.08. The predicted molar refractivity (Wildman–Crippen MR) is 80.5 cm³/mol. The zero-order valence-corrected chi connectivity index (χ0v) is 11.2. The third-order valence-corrected chi connectivity index (χ3v) is 4.10. The van der Waals surface area contributed by atoms with Crippen molar-refractivity contribution in [3.8, 4) is 0 Å². The Morgan fingerprint density at radius 3 is 3.00 bits per heavy atom. The summed E-state index contributed by atoms with van der Waals surface area (Å²) in [6.45, 7) is 0. The molecule has 1 aliphatic carbocycles. The lowest BCUT2D eigenvalue weighted by atomic mass is 9.91. The first kappa shape index (κ1) is 11.5. The molecule has 0 fully saturated rings. The average Bonchev–Trinajstić information content (AvgIpc) is 2.85. The van der Waals surface area contributed by atoms with Crippen LogP contribution in [0, 0.1) is 5.92 Å². The molecule has 1 aromatic carbocycles. The minimum Gasteiger partial charge on any atom is -0.370 e. The zero-order valence-electron chi connectivity index (χ0n) is 11.2. The van der Waals surface area contributed by atoms with E-state index in [-0.39, 0.29) is 6.17 Å². The van der Waals surface area contributed by atoms with E-state index in [2.05, 4.69) is 38.1 Å². The summed E-state index contributed by atoms with van der Waals surface area (Å²) in [5.41, 5.74) is 8.04. The molecule has 0 spiro atoms. The molecule has 2 aromatic rings. The summed E-state index contributed by atoms with van der Waals surface area (Å²) in [4.78, 5) is 9.26. The number of guanidine groups is 1. The van der Waals surface area contributed by atoms with Crippen molar-refractivity contribution in [3.63, 3.8) is 0 Å². The summed E-state index contributed by atoms with van der Waals surface area (Å²) < 4.78 is 2.19. The van der Waals surface area contributed by atoms with E-state index >= 15 is 0 Å². The predicted octanol–water partition coefficient (Wildman–Crippen LogP) is 2.63. The number of nitrogens with two attached hydrogens (primary N) is 1. The molecular formula is C15H17N5. The smallest absolute Gasteiger partial charge is 0.212 e. The number of hydrogen-bond donors (Lipinski definition) is 2. The number of aliphatic imine (C=N–C) groups is 1. The standard InChI is InChI=1S/C15H17N5/c16-14-18-13(10-6-2-1-3-7-10)20-12-9-5-4-8-11(12)17-15(20)19-14/h1-2,4-5,8-10,13H,3,6-7H2,(H3,16,17,18,19).